The van der Waals surface area contributed by atoms with E-state index in [0.717, 1.165) is 0 Å². The summed E-state index contributed by atoms with van der Waals surface area (Å²) in [4.78, 5) is 45.0. The molecule has 7 nitrogen and oxygen atoms in total. The van der Waals surface area contributed by atoms with Crippen LogP contribution in [0.2, 0.25) is 0 Å². The van der Waals surface area contributed by atoms with Crippen molar-refractivity contribution >= 4 is 34.0 Å². The Morgan fingerprint density at radius 3 is 2.63 bits per heavy atom. The second-order valence-corrected chi connectivity index (χ2v) is 7.38. The van der Waals surface area contributed by atoms with E-state index in [1.54, 1.807) is 18.2 Å². The Morgan fingerprint density at radius 1 is 1.17 bits per heavy atom. The third kappa shape index (κ3) is 3.36. The summed E-state index contributed by atoms with van der Waals surface area (Å²) < 4.78 is 14.6. The minimum atomic E-state index is -1.31. The maximum Gasteiger partial charge on any atom is 0.347 e. The van der Waals surface area contributed by atoms with Gasteiger partial charge in [0.05, 0.1) is 28.7 Å². The van der Waals surface area contributed by atoms with Crippen molar-refractivity contribution in [3.63, 3.8) is 0 Å². The van der Waals surface area contributed by atoms with Gasteiger partial charge in [-0.15, -0.1) is 0 Å². The number of benzene rings is 2. The Bertz CT molecular complexity index is 1340. The van der Waals surface area contributed by atoms with E-state index in [0.29, 0.717) is 0 Å². The zero-order valence-corrected chi connectivity index (χ0v) is 16.1. The normalized spacial score (nSPS) is 13.8. The molecule has 8 heteroatoms. The van der Waals surface area contributed by atoms with Crippen molar-refractivity contribution in [3.05, 3.63) is 63.8 Å². The van der Waals surface area contributed by atoms with Gasteiger partial charge in [0, 0.05) is 5.56 Å². The number of aromatic amines is 1. The van der Waals surface area contributed by atoms with Gasteiger partial charge in [0.25, 0.3) is 0 Å². The molecule has 1 aliphatic heterocycles. The number of aliphatic hydroxyl groups is 1. The van der Waals surface area contributed by atoms with Crippen LogP contribution in [0, 0.1) is 17.7 Å². The van der Waals surface area contributed by atoms with Gasteiger partial charge in [-0.05, 0) is 38.1 Å². The predicted molar refractivity (Wildman–Crippen MR) is 108 cm³/mol. The monoisotopic (exact) mass is 405 g/mol. The first-order chi connectivity index (χ1) is 14.2. The average molecular weight is 405 g/mol. The summed E-state index contributed by atoms with van der Waals surface area (Å²) in [7, 11) is 0. The van der Waals surface area contributed by atoms with Gasteiger partial charge in [-0.1, -0.05) is 24.0 Å². The zero-order chi connectivity index (χ0) is 21.6. The molecule has 1 aromatic heterocycles. The van der Waals surface area contributed by atoms with Crippen LogP contribution in [0.3, 0.4) is 0 Å². The van der Waals surface area contributed by atoms with Gasteiger partial charge in [0.2, 0.25) is 11.6 Å². The number of carbonyl (C=O) groups is 2. The third-order valence-corrected chi connectivity index (χ3v) is 4.56. The highest BCUT2D eigenvalue weighted by molar-refractivity contribution is 6.48. The molecule has 150 valence electrons. The van der Waals surface area contributed by atoms with E-state index in [1.165, 1.54) is 36.9 Å². The number of anilines is 2. The summed E-state index contributed by atoms with van der Waals surface area (Å²) in [5.74, 6) is 3.17. The predicted octanol–water partition coefficient (Wildman–Crippen LogP) is 2.09. The molecule has 3 aromatic rings. The number of halogens is 1. The quantitative estimate of drug-likeness (QED) is 0.475. The molecule has 0 saturated heterocycles. The van der Waals surface area contributed by atoms with Gasteiger partial charge in [0.1, 0.15) is 11.4 Å². The summed E-state index contributed by atoms with van der Waals surface area (Å²) in [5, 5.41) is 9.91. The number of carbonyl (C=O) groups excluding carboxylic acids is 2. The fraction of sp³-hybridized carbons (Fsp3) is 0.182. The number of Topliss-reactive ketones (excluding diaryl/α,β-unsaturated/α-hetero) is 2. The highest BCUT2D eigenvalue weighted by Crippen LogP contribution is 2.36. The molecule has 0 atom stereocenters. The number of hydrogen-bond donors (Lipinski definition) is 2. The number of nitrogens with one attached hydrogen (secondary N) is 1. The third-order valence-electron chi connectivity index (χ3n) is 4.56. The largest absolute Gasteiger partial charge is 0.378 e. The van der Waals surface area contributed by atoms with Gasteiger partial charge in [-0.3, -0.25) is 9.59 Å². The standard InChI is InChI=1S/C22H16FN3O4/c1-22(2,30)10-9-12-5-3-8-15-17(12)19(28)16(27)11-26(15)20-18-13(23)6-4-7-14(18)24-21(29)25-20/h3-8,30H,11H2,1-2H3,(H,24,25,29). The molecule has 2 N–H and O–H groups in total. The van der Waals surface area contributed by atoms with Crippen molar-refractivity contribution in [2.45, 2.75) is 19.4 Å². The van der Waals surface area contributed by atoms with Gasteiger partial charge in [-0.2, -0.15) is 4.98 Å². The molecule has 0 amide bonds. The SMILES string of the molecule is CC(C)(O)C#Cc1cccc2c1C(=O)C(=O)CN2c1nc(=O)[nH]c2cccc(F)c12. The lowest BCUT2D eigenvalue weighted by molar-refractivity contribution is -0.114. The first-order valence-corrected chi connectivity index (χ1v) is 9.08. The minimum Gasteiger partial charge on any atom is -0.378 e. The zero-order valence-electron chi connectivity index (χ0n) is 16.1. The first-order valence-electron chi connectivity index (χ1n) is 9.08. The topological polar surface area (TPSA) is 103 Å². The Hall–Kier alpha value is -3.83. The van der Waals surface area contributed by atoms with Gasteiger partial charge in [-0.25, -0.2) is 9.18 Å². The Morgan fingerprint density at radius 2 is 1.90 bits per heavy atom. The lowest BCUT2D eigenvalue weighted by Gasteiger charge is -2.29. The second kappa shape index (κ2) is 6.90. The van der Waals surface area contributed by atoms with Crippen LogP contribution in [0.5, 0.6) is 0 Å². The van der Waals surface area contributed by atoms with E-state index < -0.39 is 35.2 Å². The van der Waals surface area contributed by atoms with Crippen molar-refractivity contribution in [2.75, 3.05) is 11.4 Å². The van der Waals surface area contributed by atoms with Crippen molar-refractivity contribution in [1.29, 1.82) is 0 Å². The molecule has 0 unspecified atom stereocenters. The van der Waals surface area contributed by atoms with Crippen LogP contribution in [-0.4, -0.2) is 38.8 Å². The van der Waals surface area contributed by atoms with E-state index >= 15 is 0 Å². The van der Waals surface area contributed by atoms with Crippen LogP contribution in [0.15, 0.2) is 41.2 Å². The molecule has 2 aromatic carbocycles. The summed E-state index contributed by atoms with van der Waals surface area (Å²) in [6, 6.07) is 8.93. The van der Waals surface area contributed by atoms with Crippen LogP contribution in [0.1, 0.15) is 29.8 Å². The lowest BCUT2D eigenvalue weighted by Crippen LogP contribution is -2.38. The second-order valence-electron chi connectivity index (χ2n) is 7.38. The summed E-state index contributed by atoms with van der Waals surface area (Å²) in [5.41, 5.74) is -1.26. The first kappa shape index (κ1) is 19.5. The molecule has 0 spiro atoms. The summed E-state index contributed by atoms with van der Waals surface area (Å²) in [6.45, 7) is 2.58. The van der Waals surface area contributed by atoms with E-state index in [4.69, 9.17) is 0 Å². The molecule has 0 fully saturated rings. The van der Waals surface area contributed by atoms with Crippen LogP contribution in [0.4, 0.5) is 15.9 Å². The van der Waals surface area contributed by atoms with Gasteiger partial charge < -0.3 is 15.0 Å². The molecule has 0 radical (unpaired) electrons. The molecular formula is C22H16FN3O4. The van der Waals surface area contributed by atoms with Crippen molar-refractivity contribution in [3.8, 4) is 11.8 Å². The van der Waals surface area contributed by atoms with E-state index in [2.05, 4.69) is 21.8 Å². The van der Waals surface area contributed by atoms with Crippen LogP contribution in [0.25, 0.3) is 10.9 Å². The van der Waals surface area contributed by atoms with Crippen molar-refractivity contribution < 1.29 is 19.1 Å². The summed E-state index contributed by atoms with van der Waals surface area (Å²) in [6.07, 6.45) is 0. The Kier molecular flexibility index (Phi) is 4.48. The number of rotatable bonds is 1. The maximum atomic E-state index is 14.6. The number of nitrogens with zero attached hydrogens (tertiary/aromatic N) is 2. The van der Waals surface area contributed by atoms with Gasteiger partial charge >= 0.3 is 5.69 Å². The summed E-state index contributed by atoms with van der Waals surface area (Å²) >= 11 is 0. The highest BCUT2D eigenvalue weighted by Gasteiger charge is 2.34. The molecule has 2 heterocycles. The van der Waals surface area contributed by atoms with Crippen molar-refractivity contribution in [2.24, 2.45) is 0 Å². The van der Waals surface area contributed by atoms with E-state index in [1.807, 2.05) is 0 Å². The number of fused-ring (bicyclic) bond motifs is 2. The fourth-order valence-corrected chi connectivity index (χ4v) is 3.30. The number of H-pyrrole nitrogens is 1. The molecular weight excluding hydrogens is 389 g/mol. The number of aromatic nitrogens is 2. The highest BCUT2D eigenvalue weighted by atomic mass is 19.1. The Labute approximate surface area is 170 Å². The fourth-order valence-electron chi connectivity index (χ4n) is 3.30. The molecule has 30 heavy (non-hydrogen) atoms. The average Bonchev–Trinajstić information content (AvgIpc) is 2.67. The van der Waals surface area contributed by atoms with Crippen LogP contribution >= 0.6 is 0 Å². The minimum absolute atomic E-state index is 0.0251. The Balaban J connectivity index is 2.01. The van der Waals surface area contributed by atoms with E-state index in [-0.39, 0.29) is 33.5 Å². The molecule has 0 saturated carbocycles. The number of hydrogen-bond acceptors (Lipinski definition) is 6. The molecule has 4 rings (SSSR count). The van der Waals surface area contributed by atoms with Crippen molar-refractivity contribution in [1.82, 2.24) is 9.97 Å². The van der Waals surface area contributed by atoms with Crippen LogP contribution in [-0.2, 0) is 4.79 Å². The maximum absolute atomic E-state index is 14.6. The number of ketones is 2. The molecule has 1 aliphatic rings. The van der Waals surface area contributed by atoms with Gasteiger partial charge in [0.15, 0.2) is 5.82 Å². The van der Waals surface area contributed by atoms with Crippen LogP contribution < -0.4 is 10.6 Å². The smallest absolute Gasteiger partial charge is 0.347 e. The molecule has 0 aliphatic carbocycles. The van der Waals surface area contributed by atoms with E-state index in [9.17, 15) is 23.9 Å². The lowest BCUT2D eigenvalue weighted by atomic mass is 9.93. The molecule has 0 bridgehead atoms.